The molecule has 3 fully saturated rings. The normalized spacial score (nSPS) is 42.9. The highest BCUT2D eigenvalue weighted by Gasteiger charge is 2.39. The van der Waals surface area contributed by atoms with Gasteiger partial charge >= 0.3 is 0 Å². The molecule has 0 radical (unpaired) electrons. The third kappa shape index (κ3) is 2.68. The van der Waals surface area contributed by atoms with Crippen LogP contribution in [0.2, 0.25) is 0 Å². The fourth-order valence-electron chi connectivity index (χ4n) is 4.29. The Bertz CT molecular complexity index is 253. The summed E-state index contributed by atoms with van der Waals surface area (Å²) in [5.41, 5.74) is 0. The van der Waals surface area contributed by atoms with Gasteiger partial charge in [0.1, 0.15) is 0 Å². The summed E-state index contributed by atoms with van der Waals surface area (Å²) in [6, 6.07) is 1.74. The first-order valence-electron chi connectivity index (χ1n) is 7.83. The Hall–Kier alpha value is -0.0800. The molecule has 4 atom stereocenters. The summed E-state index contributed by atoms with van der Waals surface area (Å²) in [6.07, 6.45) is 10.1. The van der Waals surface area contributed by atoms with E-state index in [1.165, 1.54) is 64.6 Å². The van der Waals surface area contributed by atoms with E-state index < -0.39 is 0 Å². The van der Waals surface area contributed by atoms with Crippen LogP contribution in [-0.2, 0) is 0 Å². The van der Waals surface area contributed by atoms with Crippen molar-refractivity contribution in [3.05, 3.63) is 0 Å². The van der Waals surface area contributed by atoms with Crippen LogP contribution in [0.3, 0.4) is 0 Å². The van der Waals surface area contributed by atoms with E-state index in [9.17, 15) is 0 Å². The Morgan fingerprint density at radius 2 is 2.06 bits per heavy atom. The number of hydrogen-bond donors (Lipinski definition) is 1. The van der Waals surface area contributed by atoms with Crippen LogP contribution in [0.4, 0.5) is 0 Å². The third-order valence-corrected chi connectivity index (χ3v) is 5.44. The van der Waals surface area contributed by atoms with E-state index in [4.69, 9.17) is 0 Å². The second-order valence-electron chi connectivity index (χ2n) is 6.55. The van der Waals surface area contributed by atoms with Crippen molar-refractivity contribution in [2.24, 2.45) is 11.8 Å². The number of hydrogen-bond acceptors (Lipinski definition) is 2. The van der Waals surface area contributed by atoms with Crippen LogP contribution < -0.4 is 5.32 Å². The summed E-state index contributed by atoms with van der Waals surface area (Å²) in [4.78, 5) is 2.77. The molecule has 0 aromatic carbocycles. The van der Waals surface area contributed by atoms with Crippen LogP contribution in [-0.4, -0.2) is 36.6 Å². The van der Waals surface area contributed by atoms with Gasteiger partial charge in [-0.05, 0) is 63.5 Å². The summed E-state index contributed by atoms with van der Waals surface area (Å²) in [6.45, 7) is 6.47. The van der Waals surface area contributed by atoms with Gasteiger partial charge in [-0.15, -0.1) is 0 Å². The Morgan fingerprint density at radius 3 is 2.76 bits per heavy atom. The molecule has 3 aliphatic heterocycles. The summed E-state index contributed by atoms with van der Waals surface area (Å²) < 4.78 is 0. The molecule has 4 unspecified atom stereocenters. The Labute approximate surface area is 106 Å². The number of nitrogens with zero attached hydrogens (tertiary/aromatic N) is 1. The van der Waals surface area contributed by atoms with Gasteiger partial charge in [0, 0.05) is 18.6 Å². The molecule has 3 aliphatic rings. The van der Waals surface area contributed by atoms with Gasteiger partial charge in [0.2, 0.25) is 0 Å². The summed E-state index contributed by atoms with van der Waals surface area (Å²) in [5.74, 6) is 1.98. The minimum Gasteiger partial charge on any atom is -0.311 e. The topological polar surface area (TPSA) is 15.3 Å². The zero-order valence-corrected chi connectivity index (χ0v) is 11.3. The number of likely N-dealkylation sites (tertiary alicyclic amines) is 1. The highest BCUT2D eigenvalue weighted by Crippen LogP contribution is 2.34. The molecule has 2 bridgehead atoms. The first-order valence-corrected chi connectivity index (χ1v) is 7.83. The van der Waals surface area contributed by atoms with Crippen molar-refractivity contribution >= 4 is 0 Å². The Morgan fingerprint density at radius 1 is 1.12 bits per heavy atom. The SMILES string of the molecule is CCC1CCCN(CC2CC3CCC2N3)CC1. The van der Waals surface area contributed by atoms with Crippen LogP contribution in [0, 0.1) is 11.8 Å². The lowest BCUT2D eigenvalue weighted by Crippen LogP contribution is -2.35. The van der Waals surface area contributed by atoms with Crippen molar-refractivity contribution in [1.29, 1.82) is 0 Å². The average molecular weight is 236 g/mol. The second kappa shape index (κ2) is 5.27. The molecule has 3 heterocycles. The zero-order chi connectivity index (χ0) is 11.7. The molecule has 0 aromatic rings. The highest BCUT2D eigenvalue weighted by molar-refractivity contribution is 4.98. The Kier molecular flexibility index (Phi) is 3.72. The first kappa shape index (κ1) is 12.0. The fourth-order valence-corrected chi connectivity index (χ4v) is 4.29. The summed E-state index contributed by atoms with van der Waals surface area (Å²) in [7, 11) is 0. The summed E-state index contributed by atoms with van der Waals surface area (Å²) in [5, 5.41) is 3.78. The maximum atomic E-state index is 3.78. The van der Waals surface area contributed by atoms with Crippen LogP contribution in [0.5, 0.6) is 0 Å². The molecule has 2 nitrogen and oxygen atoms in total. The molecule has 98 valence electrons. The van der Waals surface area contributed by atoms with Gasteiger partial charge in [-0.2, -0.15) is 0 Å². The zero-order valence-electron chi connectivity index (χ0n) is 11.3. The van der Waals surface area contributed by atoms with Gasteiger partial charge in [-0.25, -0.2) is 0 Å². The van der Waals surface area contributed by atoms with E-state index in [-0.39, 0.29) is 0 Å². The van der Waals surface area contributed by atoms with Crippen LogP contribution in [0.15, 0.2) is 0 Å². The smallest absolute Gasteiger partial charge is 0.0111 e. The van der Waals surface area contributed by atoms with Gasteiger partial charge in [-0.1, -0.05) is 13.3 Å². The lowest BCUT2D eigenvalue weighted by atomic mass is 9.89. The molecule has 0 aromatic heterocycles. The minimum absolute atomic E-state index is 0.866. The molecule has 3 saturated heterocycles. The molecule has 0 amide bonds. The number of rotatable bonds is 3. The molecule has 0 spiro atoms. The highest BCUT2D eigenvalue weighted by atomic mass is 15.1. The quantitative estimate of drug-likeness (QED) is 0.810. The monoisotopic (exact) mass is 236 g/mol. The van der Waals surface area contributed by atoms with Crippen molar-refractivity contribution in [2.75, 3.05) is 19.6 Å². The lowest BCUT2D eigenvalue weighted by molar-refractivity contribution is 0.215. The van der Waals surface area contributed by atoms with E-state index in [0.717, 1.165) is 23.9 Å². The first-order chi connectivity index (χ1) is 8.35. The van der Waals surface area contributed by atoms with Gasteiger partial charge in [0.05, 0.1) is 0 Å². The van der Waals surface area contributed by atoms with E-state index in [2.05, 4.69) is 17.1 Å². The van der Waals surface area contributed by atoms with Crippen molar-refractivity contribution in [3.8, 4) is 0 Å². The van der Waals surface area contributed by atoms with E-state index in [0.29, 0.717) is 0 Å². The molecule has 2 heteroatoms. The van der Waals surface area contributed by atoms with Gasteiger partial charge in [0.25, 0.3) is 0 Å². The molecular weight excluding hydrogens is 208 g/mol. The van der Waals surface area contributed by atoms with Crippen molar-refractivity contribution in [2.45, 2.75) is 64.0 Å². The fraction of sp³-hybridized carbons (Fsp3) is 1.00. The Balaban J connectivity index is 1.48. The second-order valence-corrected chi connectivity index (χ2v) is 6.55. The molecule has 1 N–H and O–H groups in total. The molecule has 3 rings (SSSR count). The molecule has 0 saturated carbocycles. The maximum Gasteiger partial charge on any atom is 0.0111 e. The van der Waals surface area contributed by atoms with Crippen LogP contribution in [0.25, 0.3) is 0 Å². The summed E-state index contributed by atoms with van der Waals surface area (Å²) >= 11 is 0. The maximum absolute atomic E-state index is 3.78. The minimum atomic E-state index is 0.866. The van der Waals surface area contributed by atoms with Crippen LogP contribution in [0.1, 0.15) is 51.9 Å². The standard InChI is InChI=1S/C15H28N2/c1-2-12-4-3-8-17(9-7-12)11-13-10-14-5-6-15(13)16-14/h12-16H,2-11H2,1H3. The molecular formula is C15H28N2. The van der Waals surface area contributed by atoms with Crippen molar-refractivity contribution < 1.29 is 0 Å². The van der Waals surface area contributed by atoms with Crippen LogP contribution >= 0.6 is 0 Å². The lowest BCUT2D eigenvalue weighted by Gasteiger charge is -2.28. The predicted molar refractivity (Wildman–Crippen MR) is 72.1 cm³/mol. The largest absolute Gasteiger partial charge is 0.311 e. The van der Waals surface area contributed by atoms with Crippen molar-refractivity contribution in [1.82, 2.24) is 10.2 Å². The van der Waals surface area contributed by atoms with E-state index >= 15 is 0 Å². The van der Waals surface area contributed by atoms with Crippen molar-refractivity contribution in [3.63, 3.8) is 0 Å². The van der Waals surface area contributed by atoms with E-state index in [1.807, 2.05) is 0 Å². The number of nitrogens with one attached hydrogen (secondary N) is 1. The molecule has 0 aliphatic carbocycles. The van der Waals surface area contributed by atoms with E-state index in [1.54, 1.807) is 0 Å². The predicted octanol–water partition coefficient (Wildman–Crippen LogP) is 2.64. The van der Waals surface area contributed by atoms with Gasteiger partial charge in [0.15, 0.2) is 0 Å². The molecule has 17 heavy (non-hydrogen) atoms. The van der Waals surface area contributed by atoms with Gasteiger partial charge < -0.3 is 10.2 Å². The third-order valence-electron chi connectivity index (χ3n) is 5.44. The number of fused-ring (bicyclic) bond motifs is 2. The average Bonchev–Trinajstić information content (AvgIpc) is 2.87. The van der Waals surface area contributed by atoms with Gasteiger partial charge in [-0.3, -0.25) is 0 Å².